The van der Waals surface area contributed by atoms with Crippen LogP contribution in [0.4, 0.5) is 5.69 Å². The molecule has 0 saturated heterocycles. The minimum absolute atomic E-state index is 0.0487. The molecule has 138 valence electrons. The number of nitrogens with zero attached hydrogens (tertiary/aromatic N) is 1. The number of aromatic nitrogens is 1. The number of carbonyl (C=O) groups excluding carboxylic acids is 1. The van der Waals surface area contributed by atoms with Crippen molar-refractivity contribution in [3.63, 3.8) is 0 Å². The van der Waals surface area contributed by atoms with E-state index in [0.29, 0.717) is 28.2 Å². The summed E-state index contributed by atoms with van der Waals surface area (Å²) in [6.45, 7) is 2.46. The van der Waals surface area contributed by atoms with Crippen LogP contribution in [0.5, 0.6) is 5.88 Å². The molecule has 0 spiro atoms. The van der Waals surface area contributed by atoms with Gasteiger partial charge in [-0.3, -0.25) is 4.79 Å². The van der Waals surface area contributed by atoms with Gasteiger partial charge in [-0.2, -0.15) is 0 Å². The average Bonchev–Trinajstić information content (AvgIpc) is 2.64. The molecule has 0 bridgehead atoms. The van der Waals surface area contributed by atoms with Crippen molar-refractivity contribution < 1.29 is 9.53 Å². The molecular formula is C20H22Cl2N2O2. The maximum Gasteiger partial charge on any atom is 0.235 e. The largest absolute Gasteiger partial charge is 0.478 e. The van der Waals surface area contributed by atoms with Gasteiger partial charge in [0.2, 0.25) is 11.8 Å². The van der Waals surface area contributed by atoms with E-state index in [4.69, 9.17) is 27.9 Å². The number of amides is 1. The lowest BCUT2D eigenvalue weighted by atomic mass is 9.68. The minimum atomic E-state index is -0.640. The molecular weight excluding hydrogens is 371 g/mol. The Hall–Kier alpha value is -1.78. The second kappa shape index (κ2) is 8.28. The van der Waals surface area contributed by atoms with Gasteiger partial charge in [0, 0.05) is 16.1 Å². The summed E-state index contributed by atoms with van der Waals surface area (Å²) in [7, 11) is 0. The first kappa shape index (κ1) is 19.0. The van der Waals surface area contributed by atoms with Crippen LogP contribution in [0.2, 0.25) is 10.0 Å². The van der Waals surface area contributed by atoms with Crippen LogP contribution in [0.3, 0.4) is 0 Å². The third kappa shape index (κ3) is 3.97. The second-order valence-corrected chi connectivity index (χ2v) is 7.38. The van der Waals surface area contributed by atoms with Crippen molar-refractivity contribution >= 4 is 34.8 Å². The molecule has 1 N–H and O–H groups in total. The number of ether oxygens (including phenoxy) is 1. The zero-order valence-corrected chi connectivity index (χ0v) is 16.2. The standard InChI is InChI=1S/C20H22Cl2N2O2/c1-2-26-18-9-7-15(13-23-18)24-19(25)20(10-4-3-5-11-20)16-8-6-14(21)12-17(16)22/h6-9,12-13H,2-5,10-11H2,1H3,(H,24,25). The van der Waals surface area contributed by atoms with Crippen molar-refractivity contribution in [2.75, 3.05) is 11.9 Å². The Morgan fingerprint density at radius 3 is 2.58 bits per heavy atom. The number of nitrogens with one attached hydrogen (secondary N) is 1. The SMILES string of the molecule is CCOc1ccc(NC(=O)C2(c3ccc(Cl)cc3Cl)CCCCC2)cn1. The van der Waals surface area contributed by atoms with Crippen molar-refractivity contribution in [1.82, 2.24) is 4.98 Å². The Labute approximate surface area is 163 Å². The molecule has 3 rings (SSSR count). The quantitative estimate of drug-likeness (QED) is 0.717. The van der Waals surface area contributed by atoms with Gasteiger partial charge >= 0.3 is 0 Å². The monoisotopic (exact) mass is 392 g/mol. The Morgan fingerprint density at radius 2 is 1.96 bits per heavy atom. The highest BCUT2D eigenvalue weighted by Gasteiger charge is 2.42. The highest BCUT2D eigenvalue weighted by molar-refractivity contribution is 6.35. The zero-order valence-electron chi connectivity index (χ0n) is 14.7. The molecule has 4 nitrogen and oxygen atoms in total. The number of hydrogen-bond donors (Lipinski definition) is 1. The number of rotatable bonds is 5. The fraction of sp³-hybridized carbons (Fsp3) is 0.400. The van der Waals surface area contributed by atoms with Gasteiger partial charge < -0.3 is 10.1 Å². The molecule has 1 aliphatic carbocycles. The molecule has 0 unspecified atom stereocenters. The predicted molar refractivity (Wildman–Crippen MR) is 105 cm³/mol. The molecule has 1 fully saturated rings. The normalized spacial score (nSPS) is 16.1. The molecule has 0 radical (unpaired) electrons. The summed E-state index contributed by atoms with van der Waals surface area (Å²) in [6.07, 6.45) is 6.27. The van der Waals surface area contributed by atoms with Gasteiger partial charge in [-0.15, -0.1) is 0 Å². The molecule has 1 aromatic heterocycles. The fourth-order valence-electron chi connectivity index (χ4n) is 3.59. The average molecular weight is 393 g/mol. The van der Waals surface area contributed by atoms with E-state index in [1.807, 2.05) is 13.0 Å². The zero-order chi connectivity index (χ0) is 18.6. The summed E-state index contributed by atoms with van der Waals surface area (Å²) in [4.78, 5) is 17.5. The minimum Gasteiger partial charge on any atom is -0.478 e. The molecule has 0 atom stereocenters. The predicted octanol–water partition coefficient (Wildman–Crippen LogP) is 5.63. The summed E-state index contributed by atoms with van der Waals surface area (Å²) in [6, 6.07) is 8.94. The van der Waals surface area contributed by atoms with Crippen LogP contribution in [-0.4, -0.2) is 17.5 Å². The van der Waals surface area contributed by atoms with Crippen LogP contribution in [-0.2, 0) is 10.2 Å². The van der Waals surface area contributed by atoms with E-state index in [9.17, 15) is 4.79 Å². The highest BCUT2D eigenvalue weighted by Crippen LogP contribution is 2.43. The molecule has 26 heavy (non-hydrogen) atoms. The molecule has 2 aromatic rings. The van der Waals surface area contributed by atoms with Gasteiger partial charge in [0.05, 0.1) is 23.9 Å². The third-order valence-corrected chi connectivity index (χ3v) is 5.42. The van der Waals surface area contributed by atoms with Gasteiger partial charge in [0.15, 0.2) is 0 Å². The van der Waals surface area contributed by atoms with Gasteiger partial charge in [-0.25, -0.2) is 4.98 Å². The molecule has 1 saturated carbocycles. The second-order valence-electron chi connectivity index (χ2n) is 6.54. The first-order valence-electron chi connectivity index (χ1n) is 8.91. The van der Waals surface area contributed by atoms with Crippen LogP contribution >= 0.6 is 23.2 Å². The summed E-state index contributed by atoms with van der Waals surface area (Å²) in [5, 5.41) is 4.12. The van der Waals surface area contributed by atoms with Crippen LogP contribution in [0, 0.1) is 0 Å². The Balaban J connectivity index is 1.88. The van der Waals surface area contributed by atoms with E-state index in [2.05, 4.69) is 10.3 Å². The van der Waals surface area contributed by atoms with Gasteiger partial charge in [-0.05, 0) is 43.5 Å². The summed E-state index contributed by atoms with van der Waals surface area (Å²) in [5.41, 5.74) is 0.853. The highest BCUT2D eigenvalue weighted by atomic mass is 35.5. The van der Waals surface area contributed by atoms with E-state index in [0.717, 1.165) is 37.7 Å². The number of pyridine rings is 1. The van der Waals surface area contributed by atoms with Crippen LogP contribution in [0.1, 0.15) is 44.6 Å². The van der Waals surface area contributed by atoms with Gasteiger partial charge in [-0.1, -0.05) is 48.5 Å². The maximum absolute atomic E-state index is 13.3. The smallest absolute Gasteiger partial charge is 0.235 e. The molecule has 1 aliphatic rings. The summed E-state index contributed by atoms with van der Waals surface area (Å²) >= 11 is 12.5. The Morgan fingerprint density at radius 1 is 1.19 bits per heavy atom. The number of carbonyl (C=O) groups is 1. The van der Waals surface area contributed by atoms with Crippen LogP contribution in [0.25, 0.3) is 0 Å². The lowest BCUT2D eigenvalue weighted by Crippen LogP contribution is -2.42. The molecule has 1 heterocycles. The first-order chi connectivity index (χ1) is 12.5. The maximum atomic E-state index is 13.3. The van der Waals surface area contributed by atoms with Crippen molar-refractivity contribution in [2.45, 2.75) is 44.4 Å². The van der Waals surface area contributed by atoms with E-state index in [1.54, 1.807) is 30.5 Å². The topological polar surface area (TPSA) is 51.2 Å². The van der Waals surface area contributed by atoms with Crippen LogP contribution in [0.15, 0.2) is 36.5 Å². The molecule has 1 aromatic carbocycles. The third-order valence-electron chi connectivity index (χ3n) is 4.87. The number of anilines is 1. The summed E-state index contributed by atoms with van der Waals surface area (Å²) in [5.74, 6) is 0.492. The van der Waals surface area contributed by atoms with Crippen molar-refractivity contribution in [1.29, 1.82) is 0 Å². The fourth-order valence-corrected chi connectivity index (χ4v) is 4.18. The number of benzene rings is 1. The first-order valence-corrected chi connectivity index (χ1v) is 9.66. The molecule has 6 heteroatoms. The van der Waals surface area contributed by atoms with Crippen molar-refractivity contribution in [3.05, 3.63) is 52.1 Å². The van der Waals surface area contributed by atoms with Crippen molar-refractivity contribution in [3.8, 4) is 5.88 Å². The lowest BCUT2D eigenvalue weighted by Gasteiger charge is -2.37. The van der Waals surface area contributed by atoms with Crippen molar-refractivity contribution in [2.24, 2.45) is 0 Å². The van der Waals surface area contributed by atoms with Gasteiger partial charge in [0.25, 0.3) is 0 Å². The van der Waals surface area contributed by atoms with E-state index < -0.39 is 5.41 Å². The number of halogens is 2. The summed E-state index contributed by atoms with van der Waals surface area (Å²) < 4.78 is 5.34. The van der Waals surface area contributed by atoms with E-state index in [1.165, 1.54) is 0 Å². The van der Waals surface area contributed by atoms with E-state index in [-0.39, 0.29) is 5.91 Å². The Kier molecular flexibility index (Phi) is 6.05. The Bertz CT molecular complexity index is 772. The van der Waals surface area contributed by atoms with E-state index >= 15 is 0 Å². The molecule has 0 aliphatic heterocycles. The van der Waals surface area contributed by atoms with Crippen LogP contribution < -0.4 is 10.1 Å². The van der Waals surface area contributed by atoms with Gasteiger partial charge in [0.1, 0.15) is 0 Å². The molecule has 1 amide bonds. The number of hydrogen-bond acceptors (Lipinski definition) is 3. The lowest BCUT2D eigenvalue weighted by molar-refractivity contribution is -0.122.